The van der Waals surface area contributed by atoms with Gasteiger partial charge in [-0.1, -0.05) is 92.7 Å². The summed E-state index contributed by atoms with van der Waals surface area (Å²) in [6.45, 7) is 4.90. The van der Waals surface area contributed by atoms with Crippen LogP contribution < -0.4 is 0 Å². The molecule has 0 amide bonds. The van der Waals surface area contributed by atoms with Crippen LogP contribution in [0.2, 0.25) is 0 Å². The number of aromatic nitrogens is 7. The number of aromatic amines is 1. The van der Waals surface area contributed by atoms with E-state index in [4.69, 9.17) is 0 Å². The van der Waals surface area contributed by atoms with E-state index in [0.29, 0.717) is 23.9 Å². The highest BCUT2D eigenvalue weighted by Crippen LogP contribution is 2.29. The van der Waals surface area contributed by atoms with Crippen LogP contribution in [0.5, 0.6) is 0 Å². The zero-order chi connectivity index (χ0) is 24.9. The predicted molar refractivity (Wildman–Crippen MR) is 137 cm³/mol. The van der Waals surface area contributed by atoms with Crippen molar-refractivity contribution in [2.24, 2.45) is 5.92 Å². The maximum atomic E-state index is 13.0. The van der Waals surface area contributed by atoms with Crippen LogP contribution in [0, 0.1) is 5.92 Å². The largest absolute Gasteiger partial charge is 0.285 e. The van der Waals surface area contributed by atoms with Gasteiger partial charge < -0.3 is 0 Å². The Morgan fingerprint density at radius 1 is 0.917 bits per heavy atom. The number of tetrazole rings is 1. The number of hydrogen-bond acceptors (Lipinski definition) is 6. The van der Waals surface area contributed by atoms with Crippen LogP contribution in [0.4, 0.5) is 0 Å². The molecule has 0 saturated heterocycles. The highest BCUT2D eigenvalue weighted by atomic mass is 16.1. The van der Waals surface area contributed by atoms with E-state index >= 15 is 0 Å². The third-order valence-corrected chi connectivity index (χ3v) is 6.04. The van der Waals surface area contributed by atoms with Gasteiger partial charge >= 0.3 is 0 Å². The normalized spacial score (nSPS) is 11.2. The van der Waals surface area contributed by atoms with Crippen LogP contribution in [0.3, 0.4) is 0 Å². The van der Waals surface area contributed by atoms with Gasteiger partial charge in [-0.25, -0.2) is 9.67 Å². The number of nitrogens with one attached hydrogen (secondary N) is 1. The molecule has 2 aromatic heterocycles. The summed E-state index contributed by atoms with van der Waals surface area (Å²) in [5.41, 5.74) is 4.66. The molecule has 2 heterocycles. The van der Waals surface area contributed by atoms with Gasteiger partial charge in [-0.3, -0.25) is 4.79 Å². The Kier molecular flexibility index (Phi) is 6.75. The second-order valence-electron chi connectivity index (χ2n) is 9.11. The maximum Gasteiger partial charge on any atom is 0.232 e. The summed E-state index contributed by atoms with van der Waals surface area (Å²) in [6, 6.07) is 25.5. The molecule has 1 N–H and O–H groups in total. The molecule has 0 bridgehead atoms. The number of H-pyrrole nitrogens is 1. The van der Waals surface area contributed by atoms with E-state index in [9.17, 15) is 4.79 Å². The summed E-state index contributed by atoms with van der Waals surface area (Å²) in [7, 11) is 0. The van der Waals surface area contributed by atoms with Crippen molar-refractivity contribution >= 4 is 5.78 Å². The fourth-order valence-corrected chi connectivity index (χ4v) is 4.09. The van der Waals surface area contributed by atoms with E-state index in [-0.39, 0.29) is 11.6 Å². The highest BCUT2D eigenvalue weighted by molar-refractivity contribution is 6.06. The number of benzene rings is 3. The molecule has 180 valence electrons. The smallest absolute Gasteiger partial charge is 0.232 e. The molecule has 0 fully saturated rings. The number of nitrogens with zero attached hydrogens (tertiary/aromatic N) is 6. The van der Waals surface area contributed by atoms with E-state index in [0.717, 1.165) is 40.9 Å². The summed E-state index contributed by atoms with van der Waals surface area (Å²) in [4.78, 5) is 17.6. The average Bonchev–Trinajstić information content (AvgIpc) is 3.59. The lowest BCUT2D eigenvalue weighted by molar-refractivity contribution is 0.102. The molecule has 0 radical (unpaired) electrons. The average molecular weight is 478 g/mol. The van der Waals surface area contributed by atoms with Gasteiger partial charge in [0.2, 0.25) is 17.4 Å². The van der Waals surface area contributed by atoms with E-state index in [2.05, 4.69) is 68.8 Å². The fraction of sp³-hybridized carbons (Fsp3) is 0.214. The minimum absolute atomic E-state index is 0.159. The first kappa shape index (κ1) is 23.3. The standard InChI is InChI=1S/C28H27N7O/c1-19(2)12-17-25-29-28(26(36)22-8-4-3-5-9-22)32-35(25)18-20-13-15-21(16-14-20)23-10-6-7-11-24(23)27-30-33-34-31-27/h3-11,13-16,19H,12,17-18H2,1-2H3,(H,30,31,33,34). The minimum Gasteiger partial charge on any atom is -0.285 e. The second-order valence-corrected chi connectivity index (χ2v) is 9.11. The molecule has 0 spiro atoms. The van der Waals surface area contributed by atoms with Crippen molar-refractivity contribution in [2.75, 3.05) is 0 Å². The Hall–Kier alpha value is -4.46. The first-order chi connectivity index (χ1) is 17.6. The molecule has 8 heteroatoms. The second kappa shape index (κ2) is 10.4. The molecule has 8 nitrogen and oxygen atoms in total. The zero-order valence-corrected chi connectivity index (χ0v) is 20.3. The van der Waals surface area contributed by atoms with Gasteiger partial charge in [0, 0.05) is 17.5 Å². The maximum absolute atomic E-state index is 13.0. The molecule has 0 aliphatic rings. The summed E-state index contributed by atoms with van der Waals surface area (Å²) >= 11 is 0. The van der Waals surface area contributed by atoms with Gasteiger partial charge in [-0.05, 0) is 34.2 Å². The number of hydrogen-bond donors (Lipinski definition) is 1. The third-order valence-electron chi connectivity index (χ3n) is 6.04. The number of aryl methyl sites for hydroxylation is 1. The van der Waals surface area contributed by atoms with Crippen molar-refractivity contribution in [3.63, 3.8) is 0 Å². The van der Waals surface area contributed by atoms with Gasteiger partial charge in [-0.15, -0.1) is 15.3 Å². The minimum atomic E-state index is -0.159. The topological polar surface area (TPSA) is 102 Å². The first-order valence-corrected chi connectivity index (χ1v) is 12.0. The van der Waals surface area contributed by atoms with Gasteiger partial charge in [-0.2, -0.15) is 5.21 Å². The molecular weight excluding hydrogens is 450 g/mol. The Morgan fingerprint density at radius 2 is 1.64 bits per heavy atom. The lowest BCUT2D eigenvalue weighted by atomic mass is 9.98. The molecule has 36 heavy (non-hydrogen) atoms. The highest BCUT2D eigenvalue weighted by Gasteiger charge is 2.18. The Labute approximate surface area is 209 Å². The van der Waals surface area contributed by atoms with Crippen molar-refractivity contribution in [3.8, 4) is 22.5 Å². The predicted octanol–water partition coefficient (Wildman–Crippen LogP) is 4.99. The van der Waals surface area contributed by atoms with Gasteiger partial charge in [0.25, 0.3) is 0 Å². The van der Waals surface area contributed by atoms with E-state index < -0.39 is 0 Å². The van der Waals surface area contributed by atoms with Crippen molar-refractivity contribution < 1.29 is 4.79 Å². The molecule has 0 aliphatic heterocycles. The molecule has 5 aromatic rings. The lowest BCUT2D eigenvalue weighted by Gasteiger charge is -2.10. The molecule has 0 saturated carbocycles. The number of carbonyl (C=O) groups excluding carboxylic acids is 1. The van der Waals surface area contributed by atoms with Gasteiger partial charge in [0.15, 0.2) is 0 Å². The SMILES string of the molecule is CC(C)CCc1nc(C(=O)c2ccccc2)nn1Cc1ccc(-c2ccccc2-c2nn[nH]n2)cc1. The summed E-state index contributed by atoms with van der Waals surface area (Å²) in [6.07, 6.45) is 1.74. The number of ketones is 1. The lowest BCUT2D eigenvalue weighted by Crippen LogP contribution is -2.09. The number of rotatable bonds is 9. The van der Waals surface area contributed by atoms with Crippen LogP contribution in [0.15, 0.2) is 78.9 Å². The Balaban J connectivity index is 1.41. The van der Waals surface area contributed by atoms with E-state index in [1.54, 1.807) is 12.1 Å². The fourth-order valence-electron chi connectivity index (χ4n) is 4.09. The molecular formula is C28H27N7O. The Bertz CT molecular complexity index is 1440. The van der Waals surface area contributed by atoms with E-state index in [1.165, 1.54) is 0 Å². The molecule has 0 aliphatic carbocycles. The van der Waals surface area contributed by atoms with Crippen LogP contribution in [0.1, 0.15) is 47.8 Å². The van der Waals surface area contributed by atoms with Crippen LogP contribution in [-0.2, 0) is 13.0 Å². The summed E-state index contributed by atoms with van der Waals surface area (Å²) < 4.78 is 1.86. The molecule has 0 atom stereocenters. The van der Waals surface area contributed by atoms with Gasteiger partial charge in [0.1, 0.15) is 5.82 Å². The van der Waals surface area contributed by atoms with Crippen molar-refractivity contribution in [3.05, 3.63) is 102 Å². The third kappa shape index (κ3) is 5.12. The molecule has 0 unspecified atom stereocenters. The van der Waals surface area contributed by atoms with E-state index in [1.807, 2.05) is 47.1 Å². The van der Waals surface area contributed by atoms with Crippen molar-refractivity contribution in [2.45, 2.75) is 33.2 Å². The molecule has 3 aromatic carbocycles. The summed E-state index contributed by atoms with van der Waals surface area (Å²) in [5, 5.41) is 19.1. The monoisotopic (exact) mass is 477 g/mol. The first-order valence-electron chi connectivity index (χ1n) is 12.0. The zero-order valence-electron chi connectivity index (χ0n) is 20.3. The van der Waals surface area contributed by atoms with Crippen LogP contribution in [-0.4, -0.2) is 41.2 Å². The van der Waals surface area contributed by atoms with Crippen molar-refractivity contribution in [1.29, 1.82) is 0 Å². The number of carbonyl (C=O) groups is 1. The quantitative estimate of drug-likeness (QED) is 0.300. The van der Waals surface area contributed by atoms with Crippen LogP contribution >= 0.6 is 0 Å². The molecule has 5 rings (SSSR count). The summed E-state index contributed by atoms with van der Waals surface area (Å²) in [5.74, 6) is 2.00. The van der Waals surface area contributed by atoms with Crippen molar-refractivity contribution in [1.82, 2.24) is 35.4 Å². The Morgan fingerprint density at radius 3 is 2.33 bits per heavy atom. The van der Waals surface area contributed by atoms with Gasteiger partial charge in [0.05, 0.1) is 6.54 Å². The van der Waals surface area contributed by atoms with Crippen LogP contribution in [0.25, 0.3) is 22.5 Å².